The molecule has 0 spiro atoms. The van der Waals surface area contributed by atoms with Crippen molar-refractivity contribution in [3.63, 3.8) is 0 Å². The average molecular weight is 741 g/mol. The molecule has 0 amide bonds. The third kappa shape index (κ3) is 8.89. The molecule has 17 atom stereocenters. The topological polar surface area (TPSA) is 147 Å². The van der Waals surface area contributed by atoms with Crippen LogP contribution in [-0.4, -0.2) is 139 Å². The molecule has 2 bridgehead atoms. The van der Waals surface area contributed by atoms with Gasteiger partial charge in [0.05, 0.1) is 42.2 Å². The first-order valence-electron chi connectivity index (χ1n) is 19.2. The van der Waals surface area contributed by atoms with E-state index in [1.54, 1.807) is 26.8 Å². The minimum Gasteiger partial charge on any atom is -0.472 e. The molecule has 300 valence electrons. The van der Waals surface area contributed by atoms with Gasteiger partial charge in [-0.2, -0.15) is 0 Å². The number of nitrogens with zero attached hydrogens (tertiary/aromatic N) is 2. The van der Waals surface area contributed by atoms with Crippen LogP contribution in [0.3, 0.4) is 0 Å². The molecule has 13 heteroatoms. The van der Waals surface area contributed by atoms with E-state index in [0.29, 0.717) is 18.7 Å². The first-order chi connectivity index (χ1) is 24.2. The summed E-state index contributed by atoms with van der Waals surface area (Å²) in [4.78, 5) is 21.7. The molecule has 2 N–H and O–H groups in total. The van der Waals surface area contributed by atoms with Gasteiger partial charge in [0.2, 0.25) is 0 Å². The van der Waals surface area contributed by atoms with Gasteiger partial charge in [-0.15, -0.1) is 6.58 Å². The lowest BCUT2D eigenvalue weighted by Crippen LogP contribution is -2.60. The summed E-state index contributed by atoms with van der Waals surface area (Å²) < 4.78 is 51.6. The van der Waals surface area contributed by atoms with Gasteiger partial charge < -0.3 is 53.0 Å². The Bertz CT molecular complexity index is 1250. The monoisotopic (exact) mass is 740 g/mol. The number of fused-ring (bicyclic) bond motifs is 2. The third-order valence-corrected chi connectivity index (χ3v) is 12.0. The molecule has 4 heterocycles. The summed E-state index contributed by atoms with van der Waals surface area (Å²) in [5.74, 6) is -1.22. The van der Waals surface area contributed by atoms with Crippen LogP contribution in [0.5, 0.6) is 0 Å². The van der Waals surface area contributed by atoms with E-state index in [9.17, 15) is 15.0 Å². The molecule has 3 fully saturated rings. The van der Waals surface area contributed by atoms with Crippen LogP contribution in [0.15, 0.2) is 17.6 Å². The van der Waals surface area contributed by atoms with Crippen LogP contribution in [0.4, 0.5) is 0 Å². The fraction of sp³-hybridized carbons (Fsp3) is 0.897. The van der Waals surface area contributed by atoms with Crippen LogP contribution < -0.4 is 0 Å². The van der Waals surface area contributed by atoms with E-state index in [1.807, 2.05) is 41.5 Å². The minimum absolute atomic E-state index is 0.0366. The van der Waals surface area contributed by atoms with Crippen molar-refractivity contribution in [3.8, 4) is 0 Å². The number of esters is 1. The normalized spacial score (nSPS) is 47.8. The van der Waals surface area contributed by atoms with Crippen molar-refractivity contribution in [3.05, 3.63) is 12.7 Å². The van der Waals surface area contributed by atoms with Crippen LogP contribution in [0.1, 0.15) is 94.9 Å². The molecule has 0 aliphatic carbocycles. The summed E-state index contributed by atoms with van der Waals surface area (Å²) in [7, 11) is 5.65. The van der Waals surface area contributed by atoms with Crippen LogP contribution in [-0.2, 0) is 42.7 Å². The summed E-state index contributed by atoms with van der Waals surface area (Å²) in [6.45, 7) is 23.0. The lowest BCUT2D eigenvalue weighted by Gasteiger charge is -2.49. The highest BCUT2D eigenvalue weighted by molar-refractivity contribution is 5.80. The molecular formula is C39H68N2O11. The Morgan fingerprint density at radius 1 is 1.00 bits per heavy atom. The van der Waals surface area contributed by atoms with Crippen molar-refractivity contribution in [2.45, 2.75) is 179 Å². The quantitative estimate of drug-likeness (QED) is 0.244. The predicted molar refractivity (Wildman–Crippen MR) is 196 cm³/mol. The maximum absolute atomic E-state index is 14.7. The second-order valence-electron chi connectivity index (χ2n) is 16.7. The number of hydrogen-bond donors (Lipinski definition) is 2. The Hall–Kier alpha value is -1.68. The van der Waals surface area contributed by atoms with Gasteiger partial charge in [0, 0.05) is 37.3 Å². The van der Waals surface area contributed by atoms with E-state index in [-0.39, 0.29) is 37.0 Å². The number of carbonyl (C=O) groups is 1. The number of aliphatic hydroxyl groups is 2. The molecule has 0 aromatic carbocycles. The second kappa shape index (κ2) is 17.0. The van der Waals surface area contributed by atoms with Gasteiger partial charge in [-0.25, -0.2) is 9.79 Å². The van der Waals surface area contributed by atoms with Crippen molar-refractivity contribution < 1.29 is 52.9 Å². The van der Waals surface area contributed by atoms with Crippen LogP contribution in [0.25, 0.3) is 0 Å². The molecule has 4 aliphatic rings. The Kier molecular flexibility index (Phi) is 14.1. The van der Waals surface area contributed by atoms with E-state index >= 15 is 0 Å². The largest absolute Gasteiger partial charge is 0.472 e. The van der Waals surface area contributed by atoms with E-state index in [2.05, 4.69) is 32.5 Å². The van der Waals surface area contributed by atoms with E-state index < -0.39 is 83.9 Å². The standard InChI is InChI=1S/C39H68N2O11/c1-15-17-46-38(10)19-21(3)34-40-25(7)33(51-34)39(11,44)28(16-2)49-35(43)30(50-29-20-37(9,45-14)31(42)26(8)48-29)24(6)32(38)52-36-23(5)27(41(12)13)18-22(4)47-36/h15,21-33,36,42,44H,1,16-20H2,2-14H3/t21-,22-,23-,24+,25-,26+,27+,28+,29?,30-,31+,32-,33-,36?,37-,38+,39-/m1/s1. The number of aliphatic hydroxyl groups excluding tert-OH is 1. The summed E-state index contributed by atoms with van der Waals surface area (Å²) >= 11 is 0. The fourth-order valence-corrected chi connectivity index (χ4v) is 8.85. The molecule has 0 aromatic heterocycles. The maximum Gasteiger partial charge on any atom is 0.336 e. The Morgan fingerprint density at radius 3 is 2.27 bits per heavy atom. The molecule has 0 aromatic rings. The SMILES string of the molecule is C=CCO[C@@]1(C)C[C@@H](C)C2=N[C@H](C)[C@@H](O2)[C@](C)(O)[C@H](CC)OC(=O)[C@H](OC2C[C@@](C)(OC)[C@@H](O)[C@H](C)O2)[C@H](C)[C@H]1OC1O[C@H](C)C[C@H](N(C)C)[C@H]1C. The van der Waals surface area contributed by atoms with Crippen molar-refractivity contribution in [2.75, 3.05) is 27.8 Å². The number of ether oxygens (including phenoxy) is 8. The molecule has 0 saturated carbocycles. The average Bonchev–Trinajstić information content (AvgIpc) is 3.49. The lowest BCUT2D eigenvalue weighted by molar-refractivity contribution is -0.310. The van der Waals surface area contributed by atoms with Gasteiger partial charge in [-0.1, -0.05) is 33.8 Å². The van der Waals surface area contributed by atoms with Crippen LogP contribution >= 0.6 is 0 Å². The second-order valence-corrected chi connectivity index (χ2v) is 16.7. The van der Waals surface area contributed by atoms with Crippen molar-refractivity contribution in [1.82, 2.24) is 4.90 Å². The highest BCUT2D eigenvalue weighted by Crippen LogP contribution is 2.42. The smallest absolute Gasteiger partial charge is 0.336 e. The Morgan fingerprint density at radius 2 is 1.67 bits per heavy atom. The van der Waals surface area contributed by atoms with E-state index in [1.165, 1.54) is 7.11 Å². The van der Waals surface area contributed by atoms with Crippen LogP contribution in [0, 0.1) is 17.8 Å². The summed E-state index contributed by atoms with van der Waals surface area (Å²) in [6.07, 6.45) is -3.71. The number of methoxy groups -OCH3 is 1. The van der Waals surface area contributed by atoms with Gasteiger partial charge in [-0.05, 0) is 74.9 Å². The zero-order valence-corrected chi connectivity index (χ0v) is 33.9. The molecular weight excluding hydrogens is 672 g/mol. The first-order valence-corrected chi connectivity index (χ1v) is 19.2. The van der Waals surface area contributed by atoms with Gasteiger partial charge in [-0.3, -0.25) is 0 Å². The Labute approximate surface area is 311 Å². The molecule has 13 nitrogen and oxygen atoms in total. The summed E-state index contributed by atoms with van der Waals surface area (Å²) in [5, 5.41) is 23.0. The van der Waals surface area contributed by atoms with Gasteiger partial charge in [0.25, 0.3) is 0 Å². The first kappa shape index (κ1) is 43.1. The maximum atomic E-state index is 14.7. The van der Waals surface area contributed by atoms with Crippen molar-refractivity contribution in [2.24, 2.45) is 22.7 Å². The zero-order chi connectivity index (χ0) is 38.9. The molecule has 4 aliphatic heterocycles. The van der Waals surface area contributed by atoms with Gasteiger partial charge >= 0.3 is 5.97 Å². The van der Waals surface area contributed by atoms with Crippen molar-refractivity contribution >= 4 is 11.9 Å². The predicted octanol–water partition coefficient (Wildman–Crippen LogP) is 4.25. The van der Waals surface area contributed by atoms with Crippen molar-refractivity contribution in [1.29, 1.82) is 0 Å². The third-order valence-electron chi connectivity index (χ3n) is 12.0. The number of aliphatic imine (C=N–C) groups is 1. The number of cyclic esters (lactones) is 1. The van der Waals surface area contributed by atoms with E-state index in [0.717, 1.165) is 6.42 Å². The molecule has 3 saturated heterocycles. The number of carbonyl (C=O) groups excluding carboxylic acids is 1. The lowest BCUT2D eigenvalue weighted by atomic mass is 9.79. The van der Waals surface area contributed by atoms with Gasteiger partial charge in [0.15, 0.2) is 30.7 Å². The Balaban J connectivity index is 1.87. The van der Waals surface area contributed by atoms with Crippen LogP contribution in [0.2, 0.25) is 0 Å². The summed E-state index contributed by atoms with van der Waals surface area (Å²) in [6, 6.07) is -0.227. The highest BCUT2D eigenvalue weighted by atomic mass is 16.7. The minimum atomic E-state index is -1.59. The number of hydrogen-bond acceptors (Lipinski definition) is 13. The molecule has 2 unspecified atom stereocenters. The zero-order valence-electron chi connectivity index (χ0n) is 33.9. The summed E-state index contributed by atoms with van der Waals surface area (Å²) in [5.41, 5.74) is -3.66. The fourth-order valence-electron chi connectivity index (χ4n) is 8.85. The molecule has 4 rings (SSSR count). The number of rotatable bonds is 10. The highest BCUT2D eigenvalue weighted by Gasteiger charge is 2.55. The van der Waals surface area contributed by atoms with Gasteiger partial charge in [0.1, 0.15) is 17.8 Å². The molecule has 0 radical (unpaired) electrons. The van der Waals surface area contributed by atoms with E-state index in [4.69, 9.17) is 42.9 Å². The molecule has 52 heavy (non-hydrogen) atoms.